The second kappa shape index (κ2) is 12.0. The van der Waals surface area contributed by atoms with Gasteiger partial charge in [-0.15, -0.1) is 0 Å². The number of Topliss-reactive ketones (excluding diaryl/α,β-unsaturated/α-hetero) is 2. The molecule has 0 heterocycles. The number of ketones is 2. The minimum Gasteiger partial charge on any atom is -0.549 e. The molecule has 0 aliphatic heterocycles. The van der Waals surface area contributed by atoms with Gasteiger partial charge in [-0.25, -0.2) is 0 Å². The van der Waals surface area contributed by atoms with E-state index in [0.717, 1.165) is 0 Å². The molecule has 0 spiro atoms. The fourth-order valence-electron chi connectivity index (χ4n) is 1.24. The maximum absolute atomic E-state index is 10.4. The van der Waals surface area contributed by atoms with Crippen LogP contribution < -0.4 is 10.2 Å². The summed E-state index contributed by atoms with van der Waals surface area (Å²) < 4.78 is 0. The van der Waals surface area contributed by atoms with Crippen molar-refractivity contribution < 1.29 is 51.1 Å². The molecule has 0 rings (SSSR count). The summed E-state index contributed by atoms with van der Waals surface area (Å²) >= 11 is 0. The predicted molar refractivity (Wildman–Crippen MR) is 58.9 cm³/mol. The standard InChI is InChI=1S/2C6H10O3.Ti/c2*1-3-5(4(2)7)6(8)9;/h2*5H,3H2,1-2H3,(H,8,9);/q;;+2/p-2. The molecule has 19 heavy (non-hydrogen) atoms. The predicted octanol–water partition coefficient (Wildman–Crippen LogP) is -1.30. The van der Waals surface area contributed by atoms with Crippen LogP contribution in [0.1, 0.15) is 40.5 Å². The molecule has 0 bridgehead atoms. The van der Waals surface area contributed by atoms with Gasteiger partial charge in [0.05, 0.1) is 23.8 Å². The maximum Gasteiger partial charge on any atom is 2.00 e. The van der Waals surface area contributed by atoms with Crippen LogP contribution in [-0.4, -0.2) is 23.5 Å². The zero-order valence-corrected chi connectivity index (χ0v) is 13.1. The van der Waals surface area contributed by atoms with Crippen molar-refractivity contribution in [1.82, 2.24) is 0 Å². The van der Waals surface area contributed by atoms with Gasteiger partial charge < -0.3 is 19.8 Å². The molecule has 0 saturated heterocycles. The average Bonchev–Trinajstić information content (AvgIpc) is 2.17. The van der Waals surface area contributed by atoms with Gasteiger partial charge in [-0.2, -0.15) is 0 Å². The van der Waals surface area contributed by atoms with E-state index in [4.69, 9.17) is 0 Å². The molecule has 7 heteroatoms. The summed E-state index contributed by atoms with van der Waals surface area (Å²) in [6.07, 6.45) is 0.634. The van der Waals surface area contributed by atoms with E-state index < -0.39 is 23.8 Å². The first-order chi connectivity index (χ1) is 8.18. The summed E-state index contributed by atoms with van der Waals surface area (Å²) in [4.78, 5) is 40.9. The van der Waals surface area contributed by atoms with Gasteiger partial charge in [0.1, 0.15) is 11.6 Å². The van der Waals surface area contributed by atoms with Crippen LogP contribution in [0.3, 0.4) is 0 Å². The number of carboxylic acid groups (broad SMARTS) is 2. The van der Waals surface area contributed by atoms with Gasteiger partial charge in [-0.05, 0) is 26.7 Å². The van der Waals surface area contributed by atoms with Crippen molar-refractivity contribution in [1.29, 1.82) is 0 Å². The monoisotopic (exact) mass is 306 g/mol. The summed E-state index contributed by atoms with van der Waals surface area (Å²) in [5.74, 6) is -5.04. The van der Waals surface area contributed by atoms with Gasteiger partial charge in [0.25, 0.3) is 0 Å². The molecule has 6 nitrogen and oxygen atoms in total. The number of hydrogen-bond acceptors (Lipinski definition) is 6. The van der Waals surface area contributed by atoms with Crippen LogP contribution in [0.25, 0.3) is 0 Å². The number of rotatable bonds is 6. The average molecular weight is 306 g/mol. The minimum absolute atomic E-state index is 0. The summed E-state index contributed by atoms with van der Waals surface area (Å²) in [6, 6.07) is 0. The van der Waals surface area contributed by atoms with E-state index in [2.05, 4.69) is 0 Å². The Balaban J connectivity index is -0.000000256. The third kappa shape index (κ3) is 10.6. The molecule has 0 amide bonds. The maximum atomic E-state index is 10.4. The Kier molecular flexibility index (Phi) is 14.7. The van der Waals surface area contributed by atoms with E-state index in [1.807, 2.05) is 0 Å². The fourth-order valence-corrected chi connectivity index (χ4v) is 1.24. The van der Waals surface area contributed by atoms with Crippen LogP contribution in [0.5, 0.6) is 0 Å². The van der Waals surface area contributed by atoms with Crippen molar-refractivity contribution in [3.05, 3.63) is 0 Å². The van der Waals surface area contributed by atoms with Crippen LogP contribution in [0.4, 0.5) is 0 Å². The molecule has 0 fully saturated rings. The third-order valence-corrected chi connectivity index (χ3v) is 2.37. The van der Waals surface area contributed by atoms with Gasteiger partial charge in [0, 0.05) is 0 Å². The Morgan fingerprint density at radius 3 is 1.00 bits per heavy atom. The van der Waals surface area contributed by atoms with Crippen LogP contribution in [0.2, 0.25) is 0 Å². The molecule has 0 aliphatic carbocycles. The molecule has 0 saturated carbocycles. The first-order valence-corrected chi connectivity index (χ1v) is 5.61. The molecular weight excluding hydrogens is 288 g/mol. The molecule has 0 aromatic rings. The Bertz CT molecular complexity index is 266. The first kappa shape index (κ1) is 23.1. The van der Waals surface area contributed by atoms with E-state index in [0.29, 0.717) is 12.8 Å². The Morgan fingerprint density at radius 1 is 0.789 bits per heavy atom. The van der Waals surface area contributed by atoms with Crippen molar-refractivity contribution in [2.45, 2.75) is 40.5 Å². The summed E-state index contributed by atoms with van der Waals surface area (Å²) in [5.41, 5.74) is 0. The van der Waals surface area contributed by atoms with Gasteiger partial charge in [0.2, 0.25) is 0 Å². The van der Waals surface area contributed by atoms with E-state index in [9.17, 15) is 29.4 Å². The summed E-state index contributed by atoms with van der Waals surface area (Å²) in [5, 5.41) is 20.1. The number of carbonyl (C=O) groups excluding carboxylic acids is 4. The van der Waals surface area contributed by atoms with Crippen molar-refractivity contribution in [2.24, 2.45) is 11.8 Å². The normalized spacial score (nSPS) is 12.0. The van der Waals surface area contributed by atoms with E-state index in [1.165, 1.54) is 13.8 Å². The zero-order valence-electron chi connectivity index (χ0n) is 11.5. The molecule has 0 aliphatic rings. The largest absolute Gasteiger partial charge is 2.00 e. The number of hydrogen-bond donors (Lipinski definition) is 0. The molecule has 106 valence electrons. The van der Waals surface area contributed by atoms with Crippen molar-refractivity contribution in [3.63, 3.8) is 0 Å². The van der Waals surface area contributed by atoms with E-state index >= 15 is 0 Å². The Hall–Kier alpha value is -1.01. The second-order valence-electron chi connectivity index (χ2n) is 3.78. The van der Waals surface area contributed by atoms with Crippen molar-refractivity contribution in [3.8, 4) is 0 Å². The van der Waals surface area contributed by atoms with Gasteiger partial charge in [-0.1, -0.05) is 13.8 Å². The SMILES string of the molecule is CCC(C(C)=O)C(=O)[O-].CCC(C(C)=O)C(=O)[O-].[Ti+2]. The fraction of sp³-hybridized carbons (Fsp3) is 0.667. The third-order valence-electron chi connectivity index (χ3n) is 2.37. The minimum atomic E-state index is -1.27. The zero-order chi connectivity index (χ0) is 14.9. The number of carboxylic acids is 2. The molecule has 0 radical (unpaired) electrons. The first-order valence-electron chi connectivity index (χ1n) is 5.61. The van der Waals surface area contributed by atoms with Crippen LogP contribution in [0.15, 0.2) is 0 Å². The molecule has 2 atom stereocenters. The van der Waals surface area contributed by atoms with Gasteiger partial charge in [0.15, 0.2) is 0 Å². The van der Waals surface area contributed by atoms with E-state index in [-0.39, 0.29) is 33.3 Å². The van der Waals surface area contributed by atoms with Crippen LogP contribution >= 0.6 is 0 Å². The molecule has 2 unspecified atom stereocenters. The topological polar surface area (TPSA) is 114 Å². The van der Waals surface area contributed by atoms with Crippen LogP contribution in [0, 0.1) is 11.8 Å². The second-order valence-corrected chi connectivity index (χ2v) is 3.78. The van der Waals surface area contributed by atoms with E-state index in [1.54, 1.807) is 13.8 Å². The Morgan fingerprint density at radius 2 is 1.00 bits per heavy atom. The molecule has 0 aromatic heterocycles. The molecule has 0 N–H and O–H groups in total. The molecule has 0 aromatic carbocycles. The number of carbonyl (C=O) groups is 4. The van der Waals surface area contributed by atoms with Crippen LogP contribution in [-0.2, 0) is 40.9 Å². The summed E-state index contributed by atoms with van der Waals surface area (Å²) in [7, 11) is 0. The quantitative estimate of drug-likeness (QED) is 0.445. The smallest absolute Gasteiger partial charge is 0.549 e. The molecular formula is C12H18O6Ti. The van der Waals surface area contributed by atoms with Crippen molar-refractivity contribution >= 4 is 23.5 Å². The number of aliphatic carboxylic acids is 2. The van der Waals surface area contributed by atoms with Gasteiger partial charge in [-0.3, -0.25) is 9.59 Å². The van der Waals surface area contributed by atoms with Crippen molar-refractivity contribution in [2.75, 3.05) is 0 Å². The van der Waals surface area contributed by atoms with Gasteiger partial charge >= 0.3 is 21.7 Å². The summed E-state index contributed by atoms with van der Waals surface area (Å²) in [6.45, 7) is 5.79. The Labute approximate surface area is 127 Å².